The van der Waals surface area contributed by atoms with Crippen LogP contribution in [0.3, 0.4) is 0 Å². The lowest BCUT2D eigenvalue weighted by Gasteiger charge is -2.23. The van der Waals surface area contributed by atoms with Gasteiger partial charge in [-0.2, -0.15) is 5.26 Å². The average Bonchev–Trinajstić information content (AvgIpc) is 3.50. The molecular formula is C25H26N4O. The summed E-state index contributed by atoms with van der Waals surface area (Å²) >= 11 is 0. The van der Waals surface area contributed by atoms with E-state index in [1.165, 1.54) is 22.9 Å². The Bertz CT molecular complexity index is 1120. The highest BCUT2D eigenvalue weighted by Gasteiger charge is 2.43. The van der Waals surface area contributed by atoms with Crippen LogP contribution in [0.15, 0.2) is 54.7 Å². The Kier molecular flexibility index (Phi) is 4.80. The van der Waals surface area contributed by atoms with Crippen LogP contribution in [0.4, 0.5) is 0 Å². The van der Waals surface area contributed by atoms with Gasteiger partial charge in [0.05, 0.1) is 12.1 Å². The number of hydrogen-bond donors (Lipinski definition) is 2. The summed E-state index contributed by atoms with van der Waals surface area (Å²) < 4.78 is 2.12. The Balaban J connectivity index is 1.25. The number of carbonyl (C=O) groups excluding carboxylic acids is 1. The van der Waals surface area contributed by atoms with Gasteiger partial charge in [0.25, 0.3) is 0 Å². The van der Waals surface area contributed by atoms with Crippen LogP contribution in [0, 0.1) is 17.2 Å². The minimum absolute atomic E-state index is 0.0264. The summed E-state index contributed by atoms with van der Waals surface area (Å²) in [6.07, 6.45) is 5.95. The van der Waals surface area contributed by atoms with Crippen molar-refractivity contribution in [2.75, 3.05) is 0 Å². The Hall–Kier alpha value is -3.10. The second-order valence-corrected chi connectivity index (χ2v) is 8.71. The van der Waals surface area contributed by atoms with Crippen molar-refractivity contribution >= 4 is 16.8 Å². The van der Waals surface area contributed by atoms with Crippen LogP contribution in [-0.4, -0.2) is 28.6 Å². The van der Waals surface area contributed by atoms with Crippen molar-refractivity contribution in [3.05, 3.63) is 60.3 Å². The van der Waals surface area contributed by atoms with Gasteiger partial charge in [0.1, 0.15) is 6.04 Å². The molecule has 3 aromatic rings. The summed E-state index contributed by atoms with van der Waals surface area (Å²) in [5.74, 6) is 0.400. The number of nitrogens with zero attached hydrogens (tertiary/aromatic N) is 2. The van der Waals surface area contributed by atoms with Crippen LogP contribution in [0.25, 0.3) is 22.0 Å². The molecule has 2 aliphatic rings. The monoisotopic (exact) mass is 398 g/mol. The van der Waals surface area contributed by atoms with Crippen molar-refractivity contribution in [3.63, 3.8) is 0 Å². The molecule has 1 aliphatic heterocycles. The third kappa shape index (κ3) is 3.48. The zero-order valence-corrected chi connectivity index (χ0v) is 17.1. The minimum Gasteiger partial charge on any atom is -0.351 e. The van der Waals surface area contributed by atoms with Gasteiger partial charge in [-0.3, -0.25) is 4.79 Å². The van der Waals surface area contributed by atoms with E-state index >= 15 is 0 Å². The predicted octanol–water partition coefficient (Wildman–Crippen LogP) is 3.54. The molecule has 2 aromatic carbocycles. The lowest BCUT2D eigenvalue weighted by molar-refractivity contribution is -0.124. The van der Waals surface area contributed by atoms with Crippen LogP contribution >= 0.6 is 0 Å². The van der Waals surface area contributed by atoms with Crippen molar-refractivity contribution in [1.82, 2.24) is 15.2 Å². The number of nitriles is 1. The molecular weight excluding hydrogens is 372 g/mol. The van der Waals surface area contributed by atoms with E-state index in [-0.39, 0.29) is 11.9 Å². The van der Waals surface area contributed by atoms with Crippen molar-refractivity contribution in [2.24, 2.45) is 13.0 Å². The maximum Gasteiger partial charge on any atom is 0.238 e. The number of rotatable bonds is 5. The first kappa shape index (κ1) is 18.9. The number of benzene rings is 2. The standard InChI is InChI=1S/C25H26N4O/c1-29-11-10-19-13-18(7-9-23(19)29)17-4-2-16(3-5-17)12-22(15-26)28-25(30)24-20-6-8-21(14-20)27-24/h2-5,7,9-11,13,20-22,24,27H,6,8,12,14H2,1H3,(H,28,30). The third-order valence-electron chi connectivity index (χ3n) is 6.73. The van der Waals surface area contributed by atoms with E-state index in [1.807, 2.05) is 0 Å². The van der Waals surface area contributed by atoms with E-state index in [0.29, 0.717) is 18.4 Å². The van der Waals surface area contributed by atoms with Gasteiger partial charge in [0.15, 0.2) is 0 Å². The van der Waals surface area contributed by atoms with Gasteiger partial charge in [-0.25, -0.2) is 0 Å². The van der Waals surface area contributed by atoms with E-state index in [4.69, 9.17) is 0 Å². The van der Waals surface area contributed by atoms with Gasteiger partial charge in [0, 0.05) is 36.6 Å². The number of fused-ring (bicyclic) bond motifs is 3. The number of amides is 1. The number of aromatic nitrogens is 1. The van der Waals surface area contributed by atoms with Crippen molar-refractivity contribution in [2.45, 2.75) is 43.8 Å². The second kappa shape index (κ2) is 7.62. The van der Waals surface area contributed by atoms with E-state index in [2.05, 4.69) is 83.0 Å². The number of piperidine rings is 1. The molecule has 1 saturated carbocycles. The number of carbonyl (C=O) groups is 1. The molecule has 0 radical (unpaired) electrons. The molecule has 2 fully saturated rings. The van der Waals surface area contributed by atoms with Gasteiger partial charge >= 0.3 is 0 Å². The SMILES string of the molecule is Cn1ccc2cc(-c3ccc(CC(C#N)NC(=O)C4NC5CCC4C5)cc3)ccc21. The fourth-order valence-electron chi connectivity index (χ4n) is 5.07. The highest BCUT2D eigenvalue weighted by Crippen LogP contribution is 2.35. The minimum atomic E-state index is -0.509. The molecule has 5 rings (SSSR count). The molecule has 1 saturated heterocycles. The Morgan fingerprint density at radius 2 is 2.00 bits per heavy atom. The molecule has 4 atom stereocenters. The summed E-state index contributed by atoms with van der Waals surface area (Å²) in [6.45, 7) is 0. The van der Waals surface area contributed by atoms with Crippen LogP contribution in [0.2, 0.25) is 0 Å². The van der Waals surface area contributed by atoms with Crippen LogP contribution in [0.5, 0.6) is 0 Å². The molecule has 5 heteroatoms. The molecule has 5 nitrogen and oxygen atoms in total. The highest BCUT2D eigenvalue weighted by atomic mass is 16.2. The zero-order chi connectivity index (χ0) is 20.7. The summed E-state index contributed by atoms with van der Waals surface area (Å²) in [7, 11) is 2.05. The van der Waals surface area contributed by atoms with E-state index in [0.717, 1.165) is 24.0 Å². The fourth-order valence-corrected chi connectivity index (χ4v) is 5.07. The van der Waals surface area contributed by atoms with Crippen molar-refractivity contribution < 1.29 is 4.79 Å². The molecule has 152 valence electrons. The molecule has 30 heavy (non-hydrogen) atoms. The van der Waals surface area contributed by atoms with Gasteiger partial charge in [-0.05, 0) is 60.1 Å². The largest absolute Gasteiger partial charge is 0.351 e. The van der Waals surface area contributed by atoms with Gasteiger partial charge < -0.3 is 15.2 Å². The zero-order valence-electron chi connectivity index (χ0n) is 17.1. The smallest absolute Gasteiger partial charge is 0.238 e. The lowest BCUT2D eigenvalue weighted by atomic mass is 9.98. The Morgan fingerprint density at radius 1 is 1.20 bits per heavy atom. The van der Waals surface area contributed by atoms with Gasteiger partial charge in [-0.1, -0.05) is 30.3 Å². The maximum atomic E-state index is 12.6. The first-order chi connectivity index (χ1) is 14.6. The highest BCUT2D eigenvalue weighted by molar-refractivity contribution is 5.85. The topological polar surface area (TPSA) is 69.8 Å². The van der Waals surface area contributed by atoms with E-state index < -0.39 is 6.04 Å². The molecule has 1 aromatic heterocycles. The summed E-state index contributed by atoms with van der Waals surface area (Å²) in [4.78, 5) is 12.6. The molecule has 2 heterocycles. The molecule has 4 unspecified atom stereocenters. The first-order valence-electron chi connectivity index (χ1n) is 10.7. The number of aryl methyl sites for hydroxylation is 1. The summed E-state index contributed by atoms with van der Waals surface area (Å²) in [5.41, 5.74) is 4.58. The van der Waals surface area contributed by atoms with E-state index in [9.17, 15) is 10.1 Å². The van der Waals surface area contributed by atoms with Crippen LogP contribution < -0.4 is 10.6 Å². The Labute approximate surface area is 176 Å². The summed E-state index contributed by atoms with van der Waals surface area (Å²) in [6, 6.07) is 19.0. The molecule has 0 spiro atoms. The lowest BCUT2D eigenvalue weighted by Crippen LogP contribution is -2.50. The fraction of sp³-hybridized carbons (Fsp3) is 0.360. The second-order valence-electron chi connectivity index (χ2n) is 8.71. The normalized spacial score (nSPS) is 23.4. The number of hydrogen-bond acceptors (Lipinski definition) is 3. The van der Waals surface area contributed by atoms with Crippen LogP contribution in [0.1, 0.15) is 24.8 Å². The first-order valence-corrected chi connectivity index (χ1v) is 10.7. The Morgan fingerprint density at radius 3 is 2.70 bits per heavy atom. The van der Waals surface area contributed by atoms with Crippen molar-refractivity contribution in [1.29, 1.82) is 5.26 Å². The van der Waals surface area contributed by atoms with Crippen molar-refractivity contribution in [3.8, 4) is 17.2 Å². The van der Waals surface area contributed by atoms with Crippen LogP contribution in [-0.2, 0) is 18.3 Å². The molecule has 1 aliphatic carbocycles. The maximum absolute atomic E-state index is 12.6. The summed E-state index contributed by atoms with van der Waals surface area (Å²) in [5, 5.41) is 17.1. The predicted molar refractivity (Wildman–Crippen MR) is 118 cm³/mol. The molecule has 2 N–H and O–H groups in total. The quantitative estimate of drug-likeness (QED) is 0.691. The van der Waals surface area contributed by atoms with Gasteiger partial charge in [-0.15, -0.1) is 0 Å². The molecule has 1 amide bonds. The third-order valence-corrected chi connectivity index (χ3v) is 6.73. The van der Waals surface area contributed by atoms with E-state index in [1.54, 1.807) is 0 Å². The number of nitrogens with one attached hydrogen (secondary N) is 2. The van der Waals surface area contributed by atoms with Gasteiger partial charge in [0.2, 0.25) is 5.91 Å². The average molecular weight is 399 g/mol. The molecule has 2 bridgehead atoms.